The molecule has 1 radical (unpaired) electrons. The Kier molecular flexibility index (Phi) is 2.70. The van der Waals surface area contributed by atoms with Gasteiger partial charge < -0.3 is 5.32 Å². The van der Waals surface area contributed by atoms with Crippen LogP contribution in [0.15, 0.2) is 18.3 Å². The number of hydrogen-bond acceptors (Lipinski definition) is 3. The van der Waals surface area contributed by atoms with Crippen LogP contribution in [0.4, 0.5) is 5.69 Å². The van der Waals surface area contributed by atoms with Crippen molar-refractivity contribution in [1.29, 1.82) is 0 Å². The average molecular weight is 241 g/mol. The summed E-state index contributed by atoms with van der Waals surface area (Å²) in [5.41, 5.74) is 1.55. The molecule has 2 heterocycles. The van der Waals surface area contributed by atoms with E-state index in [1.165, 1.54) is 12.3 Å². The van der Waals surface area contributed by atoms with Crippen LogP contribution >= 0.6 is 23.2 Å². The molecule has 0 aliphatic carbocycles. The largest absolute Gasteiger partial charge is 0.316 e. The van der Waals surface area contributed by atoms with Crippen molar-refractivity contribution in [3.8, 4) is 0 Å². The SMILES string of the molecule is O=[C]Nc1cnc2c(Cl)cc(Cl)nc2c1. The van der Waals surface area contributed by atoms with Crippen LogP contribution in [0.3, 0.4) is 0 Å². The van der Waals surface area contributed by atoms with Gasteiger partial charge in [0, 0.05) is 0 Å². The molecule has 75 valence electrons. The number of carbonyl (C=O) groups excluding carboxylic acids is 1. The zero-order valence-corrected chi connectivity index (χ0v) is 8.80. The standard InChI is InChI=1S/C9H4Cl2N3O/c10-6-2-8(11)14-7-1-5(13-4-15)3-12-9(6)7/h1-3H,(H,13,15). The second-order valence-corrected chi connectivity index (χ2v) is 3.54. The minimum Gasteiger partial charge on any atom is -0.316 e. The van der Waals surface area contributed by atoms with Gasteiger partial charge in [0.1, 0.15) is 10.7 Å². The molecule has 0 saturated heterocycles. The van der Waals surface area contributed by atoms with Crippen molar-refractivity contribution in [3.05, 3.63) is 28.5 Å². The van der Waals surface area contributed by atoms with E-state index in [1.807, 2.05) is 0 Å². The fourth-order valence-electron chi connectivity index (χ4n) is 1.17. The summed E-state index contributed by atoms with van der Waals surface area (Å²) < 4.78 is 0. The van der Waals surface area contributed by atoms with Crippen molar-refractivity contribution in [1.82, 2.24) is 9.97 Å². The fourth-order valence-corrected chi connectivity index (χ4v) is 1.67. The number of fused-ring (bicyclic) bond motifs is 1. The maximum absolute atomic E-state index is 10.1. The number of aromatic nitrogens is 2. The first-order valence-electron chi connectivity index (χ1n) is 3.95. The number of amides is 1. The number of pyridine rings is 2. The van der Waals surface area contributed by atoms with Gasteiger partial charge in [-0.05, 0) is 12.1 Å². The number of hydrogen-bond donors (Lipinski definition) is 1. The quantitative estimate of drug-likeness (QED) is 0.648. The third kappa shape index (κ3) is 2.00. The second-order valence-electron chi connectivity index (χ2n) is 2.75. The molecule has 0 unspecified atom stereocenters. The highest BCUT2D eigenvalue weighted by atomic mass is 35.5. The van der Waals surface area contributed by atoms with Crippen molar-refractivity contribution >= 4 is 46.3 Å². The van der Waals surface area contributed by atoms with Gasteiger partial charge in [0.05, 0.1) is 22.4 Å². The van der Waals surface area contributed by atoms with Crippen molar-refractivity contribution in [2.24, 2.45) is 0 Å². The molecule has 2 aromatic rings. The molecule has 2 rings (SSSR count). The van der Waals surface area contributed by atoms with E-state index >= 15 is 0 Å². The van der Waals surface area contributed by atoms with Crippen LogP contribution in [0.2, 0.25) is 10.2 Å². The second kappa shape index (κ2) is 4.00. The Labute approximate surface area is 95.2 Å². The van der Waals surface area contributed by atoms with Gasteiger partial charge in [-0.1, -0.05) is 23.2 Å². The lowest BCUT2D eigenvalue weighted by molar-refractivity contribution is 0.561. The highest BCUT2D eigenvalue weighted by Crippen LogP contribution is 2.24. The maximum Gasteiger partial charge on any atom is 0.314 e. The van der Waals surface area contributed by atoms with E-state index in [1.54, 1.807) is 12.5 Å². The Morgan fingerprint density at radius 2 is 2.13 bits per heavy atom. The number of nitrogens with one attached hydrogen (secondary N) is 1. The molecule has 2 aromatic heterocycles. The summed E-state index contributed by atoms with van der Waals surface area (Å²) in [5, 5.41) is 3.05. The lowest BCUT2D eigenvalue weighted by Gasteiger charge is -2.02. The van der Waals surface area contributed by atoms with Crippen LogP contribution in [0.1, 0.15) is 0 Å². The molecule has 1 N–H and O–H groups in total. The first-order valence-corrected chi connectivity index (χ1v) is 4.71. The first kappa shape index (κ1) is 10.1. The fraction of sp³-hybridized carbons (Fsp3) is 0. The van der Waals surface area contributed by atoms with E-state index < -0.39 is 0 Å². The van der Waals surface area contributed by atoms with Gasteiger partial charge in [0.15, 0.2) is 0 Å². The van der Waals surface area contributed by atoms with Crippen LogP contribution in [-0.4, -0.2) is 16.4 Å². The number of anilines is 1. The number of rotatable bonds is 2. The summed E-state index contributed by atoms with van der Waals surface area (Å²) in [6, 6.07) is 3.13. The van der Waals surface area contributed by atoms with Crippen molar-refractivity contribution < 1.29 is 4.79 Å². The zero-order chi connectivity index (χ0) is 10.8. The van der Waals surface area contributed by atoms with Crippen molar-refractivity contribution in [2.75, 3.05) is 5.32 Å². The number of nitrogens with zero attached hydrogens (tertiary/aromatic N) is 2. The predicted molar refractivity (Wildman–Crippen MR) is 58.9 cm³/mol. The summed E-state index contributed by atoms with van der Waals surface area (Å²) in [4.78, 5) is 18.2. The van der Waals surface area contributed by atoms with E-state index in [0.29, 0.717) is 21.7 Å². The van der Waals surface area contributed by atoms with Gasteiger partial charge in [-0.2, -0.15) is 0 Å². The highest BCUT2D eigenvalue weighted by molar-refractivity contribution is 6.37. The normalized spacial score (nSPS) is 10.3. The summed E-state index contributed by atoms with van der Waals surface area (Å²) in [7, 11) is 0. The molecule has 0 aromatic carbocycles. The molecular weight excluding hydrogens is 237 g/mol. The zero-order valence-electron chi connectivity index (χ0n) is 7.29. The Balaban J connectivity index is 2.65. The Morgan fingerprint density at radius 1 is 1.33 bits per heavy atom. The molecule has 0 spiro atoms. The maximum atomic E-state index is 10.1. The topological polar surface area (TPSA) is 54.9 Å². The summed E-state index contributed by atoms with van der Waals surface area (Å²) in [5.74, 6) is 0. The van der Waals surface area contributed by atoms with Gasteiger partial charge in [-0.25, -0.2) is 4.98 Å². The summed E-state index contributed by atoms with van der Waals surface area (Å²) >= 11 is 11.6. The monoisotopic (exact) mass is 240 g/mol. The van der Waals surface area contributed by atoms with Crippen molar-refractivity contribution in [2.45, 2.75) is 0 Å². The minimum atomic E-state index is 0.279. The van der Waals surface area contributed by atoms with Crippen LogP contribution in [0.5, 0.6) is 0 Å². The Bertz CT molecular complexity index is 530. The van der Waals surface area contributed by atoms with Crippen LogP contribution < -0.4 is 5.32 Å². The summed E-state index contributed by atoms with van der Waals surface area (Å²) in [6.07, 6.45) is 3.01. The molecule has 0 aliphatic heterocycles. The molecule has 6 heteroatoms. The van der Waals surface area contributed by atoms with Gasteiger partial charge in [-0.15, -0.1) is 0 Å². The molecule has 4 nitrogen and oxygen atoms in total. The number of halogens is 2. The van der Waals surface area contributed by atoms with E-state index in [-0.39, 0.29) is 5.15 Å². The third-order valence-electron chi connectivity index (χ3n) is 1.76. The highest BCUT2D eigenvalue weighted by Gasteiger charge is 2.05. The molecule has 0 aliphatic rings. The Hall–Kier alpha value is -1.39. The molecule has 0 bridgehead atoms. The average Bonchev–Trinajstić information content (AvgIpc) is 2.17. The molecule has 0 fully saturated rings. The lowest BCUT2D eigenvalue weighted by atomic mass is 10.3. The molecule has 1 amide bonds. The minimum absolute atomic E-state index is 0.279. The van der Waals surface area contributed by atoms with Gasteiger partial charge in [-0.3, -0.25) is 9.78 Å². The Morgan fingerprint density at radius 3 is 2.87 bits per heavy atom. The third-order valence-corrected chi connectivity index (χ3v) is 2.24. The summed E-state index contributed by atoms with van der Waals surface area (Å²) in [6.45, 7) is 0. The van der Waals surface area contributed by atoms with E-state index in [2.05, 4.69) is 15.3 Å². The molecule has 15 heavy (non-hydrogen) atoms. The van der Waals surface area contributed by atoms with E-state index in [4.69, 9.17) is 23.2 Å². The molecular formula is C9H4Cl2N3O. The van der Waals surface area contributed by atoms with Crippen LogP contribution in [0, 0.1) is 0 Å². The van der Waals surface area contributed by atoms with Crippen molar-refractivity contribution in [3.63, 3.8) is 0 Å². The molecule has 0 saturated carbocycles. The lowest BCUT2D eigenvalue weighted by Crippen LogP contribution is -1.95. The first-order chi connectivity index (χ1) is 7.20. The van der Waals surface area contributed by atoms with Gasteiger partial charge in [0.25, 0.3) is 0 Å². The van der Waals surface area contributed by atoms with E-state index in [0.717, 1.165) is 0 Å². The van der Waals surface area contributed by atoms with E-state index in [9.17, 15) is 4.79 Å². The molecule has 0 atom stereocenters. The van der Waals surface area contributed by atoms with Crippen LogP contribution in [0.25, 0.3) is 11.0 Å². The van der Waals surface area contributed by atoms with Gasteiger partial charge in [0.2, 0.25) is 0 Å². The van der Waals surface area contributed by atoms with Crippen LogP contribution in [-0.2, 0) is 4.79 Å². The van der Waals surface area contributed by atoms with Gasteiger partial charge >= 0.3 is 6.41 Å². The smallest absolute Gasteiger partial charge is 0.314 e. The predicted octanol–water partition coefficient (Wildman–Crippen LogP) is 2.42.